The lowest BCUT2D eigenvalue weighted by Crippen LogP contribution is -2.42. The standard InChI is InChI=1S/C37H44N2O5/c1-3-5-20-32(23-28-16-9-6-10-17-28)37(43)44-34(30-21-13-8-14-22-30)26-38-36(42)31(15-4-2)25-35(41)39-33(27-40)24-29-18-11-7-12-19-29/h3-4,6-14,16-19,21-22,31-34,40H,1-2,5,15,20,23-27H2,(H,38,42)(H,39,41). The van der Waals surface area contributed by atoms with Gasteiger partial charge in [-0.05, 0) is 48.8 Å². The zero-order valence-electron chi connectivity index (χ0n) is 25.3. The van der Waals surface area contributed by atoms with Crippen LogP contribution < -0.4 is 10.6 Å². The van der Waals surface area contributed by atoms with E-state index in [1.54, 1.807) is 12.2 Å². The maximum absolute atomic E-state index is 13.5. The summed E-state index contributed by atoms with van der Waals surface area (Å²) in [4.78, 5) is 39.7. The fourth-order valence-corrected chi connectivity index (χ4v) is 5.04. The molecule has 44 heavy (non-hydrogen) atoms. The number of carbonyl (C=O) groups is 3. The number of rotatable bonds is 19. The predicted molar refractivity (Wildman–Crippen MR) is 173 cm³/mol. The number of hydrogen-bond acceptors (Lipinski definition) is 5. The molecule has 0 saturated heterocycles. The van der Waals surface area contributed by atoms with Crippen LogP contribution in [0.4, 0.5) is 0 Å². The van der Waals surface area contributed by atoms with Crippen molar-refractivity contribution in [1.29, 1.82) is 0 Å². The highest BCUT2D eigenvalue weighted by Gasteiger charge is 2.27. The van der Waals surface area contributed by atoms with Crippen molar-refractivity contribution in [2.75, 3.05) is 13.2 Å². The van der Waals surface area contributed by atoms with Crippen molar-refractivity contribution < 1.29 is 24.2 Å². The number of allylic oxidation sites excluding steroid dienone is 2. The van der Waals surface area contributed by atoms with E-state index in [0.717, 1.165) is 16.7 Å². The van der Waals surface area contributed by atoms with Crippen LogP contribution in [0.2, 0.25) is 0 Å². The molecular formula is C37H44N2O5. The Balaban J connectivity index is 1.65. The summed E-state index contributed by atoms with van der Waals surface area (Å²) in [5.74, 6) is -2.06. The van der Waals surface area contributed by atoms with E-state index in [1.807, 2.05) is 91.0 Å². The number of hydrogen-bond donors (Lipinski definition) is 3. The van der Waals surface area contributed by atoms with E-state index in [0.29, 0.717) is 25.7 Å². The van der Waals surface area contributed by atoms with Gasteiger partial charge in [-0.3, -0.25) is 14.4 Å². The smallest absolute Gasteiger partial charge is 0.309 e. The Morgan fingerprint density at radius 2 is 1.39 bits per heavy atom. The summed E-state index contributed by atoms with van der Waals surface area (Å²) >= 11 is 0. The van der Waals surface area contributed by atoms with Gasteiger partial charge in [-0.25, -0.2) is 0 Å². The van der Waals surface area contributed by atoms with Crippen LogP contribution in [0.15, 0.2) is 116 Å². The first-order valence-corrected chi connectivity index (χ1v) is 15.2. The fraction of sp³-hybridized carbons (Fsp3) is 0.324. The lowest BCUT2D eigenvalue weighted by Gasteiger charge is -2.24. The maximum Gasteiger partial charge on any atom is 0.309 e. The van der Waals surface area contributed by atoms with Gasteiger partial charge in [-0.1, -0.05) is 103 Å². The van der Waals surface area contributed by atoms with Crippen LogP contribution in [0, 0.1) is 11.8 Å². The summed E-state index contributed by atoms with van der Waals surface area (Å²) in [6.07, 6.45) is 5.19. The molecule has 0 spiro atoms. The molecule has 0 aliphatic carbocycles. The van der Waals surface area contributed by atoms with Crippen molar-refractivity contribution in [3.8, 4) is 0 Å². The zero-order chi connectivity index (χ0) is 31.6. The highest BCUT2D eigenvalue weighted by Crippen LogP contribution is 2.23. The third kappa shape index (κ3) is 11.7. The first-order valence-electron chi connectivity index (χ1n) is 15.2. The van der Waals surface area contributed by atoms with Gasteiger partial charge >= 0.3 is 5.97 Å². The normalized spacial score (nSPS) is 13.5. The second-order valence-corrected chi connectivity index (χ2v) is 10.9. The molecule has 0 bridgehead atoms. The first-order chi connectivity index (χ1) is 21.4. The van der Waals surface area contributed by atoms with Crippen molar-refractivity contribution in [1.82, 2.24) is 10.6 Å². The highest BCUT2D eigenvalue weighted by molar-refractivity contribution is 5.86. The molecule has 2 amide bonds. The lowest BCUT2D eigenvalue weighted by atomic mass is 9.94. The molecule has 3 aromatic rings. The Bertz CT molecular complexity index is 1310. The Hall–Kier alpha value is -4.49. The minimum Gasteiger partial charge on any atom is -0.455 e. The van der Waals surface area contributed by atoms with Crippen LogP contribution >= 0.6 is 0 Å². The third-order valence-electron chi connectivity index (χ3n) is 7.43. The van der Waals surface area contributed by atoms with Crippen LogP contribution in [0.25, 0.3) is 0 Å². The average molecular weight is 597 g/mol. The van der Waals surface area contributed by atoms with Gasteiger partial charge in [0.2, 0.25) is 11.8 Å². The first kappa shape index (κ1) is 34.0. The maximum atomic E-state index is 13.5. The number of carbonyl (C=O) groups excluding carboxylic acids is 3. The second-order valence-electron chi connectivity index (χ2n) is 10.9. The van der Waals surface area contributed by atoms with Gasteiger partial charge in [-0.2, -0.15) is 0 Å². The second kappa shape index (κ2) is 18.9. The van der Waals surface area contributed by atoms with E-state index in [2.05, 4.69) is 23.8 Å². The third-order valence-corrected chi connectivity index (χ3v) is 7.43. The molecule has 3 aromatic carbocycles. The lowest BCUT2D eigenvalue weighted by molar-refractivity contribution is -0.155. The molecule has 3 rings (SSSR count). The molecule has 3 N–H and O–H groups in total. The van der Waals surface area contributed by atoms with E-state index in [1.165, 1.54) is 0 Å². The average Bonchev–Trinajstić information content (AvgIpc) is 3.05. The molecule has 7 heteroatoms. The SMILES string of the molecule is C=CCCC(Cc1ccccc1)C(=O)OC(CNC(=O)C(CC=C)CC(=O)NC(CO)Cc1ccccc1)c1ccccc1. The molecule has 0 saturated carbocycles. The summed E-state index contributed by atoms with van der Waals surface area (Å²) in [7, 11) is 0. The molecule has 0 aromatic heterocycles. The van der Waals surface area contributed by atoms with Gasteiger partial charge in [0.25, 0.3) is 0 Å². The summed E-state index contributed by atoms with van der Waals surface area (Å²) in [6, 6.07) is 28.2. The van der Waals surface area contributed by atoms with E-state index in [4.69, 9.17) is 4.74 Å². The molecule has 0 heterocycles. The van der Waals surface area contributed by atoms with Gasteiger partial charge in [0.1, 0.15) is 6.10 Å². The Morgan fingerprint density at radius 3 is 1.95 bits per heavy atom. The number of esters is 1. The number of amides is 2. The molecule has 0 radical (unpaired) electrons. The number of nitrogens with one attached hydrogen (secondary N) is 2. The number of aliphatic hydroxyl groups excluding tert-OH is 1. The zero-order valence-corrected chi connectivity index (χ0v) is 25.3. The Morgan fingerprint density at radius 1 is 0.795 bits per heavy atom. The van der Waals surface area contributed by atoms with E-state index in [-0.39, 0.29) is 49.7 Å². The van der Waals surface area contributed by atoms with Crippen molar-refractivity contribution >= 4 is 17.8 Å². The van der Waals surface area contributed by atoms with Crippen LogP contribution in [-0.4, -0.2) is 42.1 Å². The largest absolute Gasteiger partial charge is 0.455 e. The van der Waals surface area contributed by atoms with Gasteiger partial charge in [-0.15, -0.1) is 13.2 Å². The summed E-state index contributed by atoms with van der Waals surface area (Å²) in [5, 5.41) is 15.6. The van der Waals surface area contributed by atoms with Crippen LogP contribution in [0.1, 0.15) is 48.5 Å². The van der Waals surface area contributed by atoms with Crippen molar-refractivity contribution in [3.63, 3.8) is 0 Å². The van der Waals surface area contributed by atoms with Gasteiger partial charge in [0, 0.05) is 6.42 Å². The number of aliphatic hydroxyl groups is 1. The monoisotopic (exact) mass is 596 g/mol. The van der Waals surface area contributed by atoms with E-state index in [9.17, 15) is 19.5 Å². The molecule has 0 aliphatic heterocycles. The quantitative estimate of drug-likeness (QED) is 0.125. The van der Waals surface area contributed by atoms with Crippen molar-refractivity contribution in [2.45, 2.75) is 50.7 Å². The number of ether oxygens (including phenoxy) is 1. The van der Waals surface area contributed by atoms with Crippen molar-refractivity contribution in [3.05, 3.63) is 133 Å². The Kier molecular flexibility index (Phi) is 14.6. The van der Waals surface area contributed by atoms with Crippen LogP contribution in [-0.2, 0) is 32.0 Å². The van der Waals surface area contributed by atoms with Crippen LogP contribution in [0.3, 0.4) is 0 Å². The minimum atomic E-state index is -0.711. The minimum absolute atomic E-state index is 0.0522. The van der Waals surface area contributed by atoms with Gasteiger partial charge in [0.15, 0.2) is 0 Å². The van der Waals surface area contributed by atoms with E-state index < -0.39 is 18.1 Å². The number of benzene rings is 3. The Labute approximate surface area is 261 Å². The van der Waals surface area contributed by atoms with Gasteiger partial charge in [0.05, 0.1) is 31.0 Å². The van der Waals surface area contributed by atoms with Gasteiger partial charge < -0.3 is 20.5 Å². The topological polar surface area (TPSA) is 105 Å². The molecule has 0 fully saturated rings. The predicted octanol–water partition coefficient (Wildman–Crippen LogP) is 5.51. The molecule has 232 valence electrons. The van der Waals surface area contributed by atoms with Crippen LogP contribution in [0.5, 0.6) is 0 Å². The molecular weight excluding hydrogens is 552 g/mol. The molecule has 0 aliphatic rings. The van der Waals surface area contributed by atoms with Crippen molar-refractivity contribution in [2.24, 2.45) is 11.8 Å². The summed E-state index contributed by atoms with van der Waals surface area (Å²) < 4.78 is 6.05. The molecule has 4 atom stereocenters. The highest BCUT2D eigenvalue weighted by atomic mass is 16.5. The fourth-order valence-electron chi connectivity index (χ4n) is 5.04. The molecule has 7 nitrogen and oxygen atoms in total. The van der Waals surface area contributed by atoms with E-state index >= 15 is 0 Å². The summed E-state index contributed by atoms with van der Waals surface area (Å²) in [6.45, 7) is 7.39. The summed E-state index contributed by atoms with van der Waals surface area (Å²) in [5.41, 5.74) is 2.79. The molecule has 4 unspecified atom stereocenters.